The van der Waals surface area contributed by atoms with E-state index in [1.165, 1.54) is 31.2 Å². The van der Waals surface area contributed by atoms with Crippen LogP contribution in [0.5, 0.6) is 11.5 Å². The summed E-state index contributed by atoms with van der Waals surface area (Å²) in [6, 6.07) is 6.15. The molecule has 0 unspecified atom stereocenters. The highest BCUT2D eigenvalue weighted by Crippen LogP contribution is 2.43. The summed E-state index contributed by atoms with van der Waals surface area (Å²) < 4.78 is 11.4. The Morgan fingerprint density at radius 3 is 2.79 bits per heavy atom. The highest BCUT2D eigenvalue weighted by atomic mass is 16.6. The average molecular weight is 261 g/mol. The molecule has 0 amide bonds. The van der Waals surface area contributed by atoms with Gasteiger partial charge in [-0.2, -0.15) is 0 Å². The van der Waals surface area contributed by atoms with Crippen molar-refractivity contribution < 1.29 is 9.47 Å². The molecule has 1 aromatic carbocycles. The predicted molar refractivity (Wildman–Crippen MR) is 75.7 cm³/mol. The van der Waals surface area contributed by atoms with Crippen LogP contribution in [-0.2, 0) is 6.54 Å². The van der Waals surface area contributed by atoms with Crippen LogP contribution in [0.4, 0.5) is 0 Å². The van der Waals surface area contributed by atoms with Crippen molar-refractivity contribution >= 4 is 0 Å². The first-order valence-corrected chi connectivity index (χ1v) is 7.41. The number of rotatable bonds is 5. The smallest absolute Gasteiger partial charge is 0.165 e. The Bertz CT molecular complexity index is 435. The first-order chi connectivity index (χ1) is 9.33. The van der Waals surface area contributed by atoms with Crippen molar-refractivity contribution in [2.24, 2.45) is 5.41 Å². The Labute approximate surface area is 115 Å². The summed E-state index contributed by atoms with van der Waals surface area (Å²) in [5.41, 5.74) is 1.77. The molecule has 19 heavy (non-hydrogen) atoms. The topological polar surface area (TPSA) is 30.5 Å². The van der Waals surface area contributed by atoms with Gasteiger partial charge in [0.1, 0.15) is 13.2 Å². The fourth-order valence-electron chi connectivity index (χ4n) is 3.07. The molecular weight excluding hydrogens is 238 g/mol. The van der Waals surface area contributed by atoms with Gasteiger partial charge < -0.3 is 14.8 Å². The molecule has 1 aliphatic heterocycles. The van der Waals surface area contributed by atoms with Crippen LogP contribution in [0, 0.1) is 5.41 Å². The number of fused-ring (bicyclic) bond motifs is 1. The molecule has 1 heterocycles. The molecule has 3 rings (SSSR count). The lowest BCUT2D eigenvalue weighted by Gasteiger charge is -2.41. The fraction of sp³-hybridized carbons (Fsp3) is 0.625. The molecule has 2 aliphatic rings. The molecular formula is C16H23NO2. The summed E-state index contributed by atoms with van der Waals surface area (Å²) in [6.45, 7) is 5.61. The van der Waals surface area contributed by atoms with Crippen LogP contribution in [0.3, 0.4) is 0 Å². The standard InChI is InChI=1S/C16H23NO2/c1-2-16(7-4-8-16)12-17-11-13-5-3-6-14-15(13)19-10-9-18-14/h3,5-6,17H,2,4,7-12H2,1H3. The summed E-state index contributed by atoms with van der Waals surface area (Å²) in [4.78, 5) is 0. The molecule has 1 aliphatic carbocycles. The second-order valence-corrected chi connectivity index (χ2v) is 5.75. The van der Waals surface area contributed by atoms with E-state index in [0.717, 1.165) is 24.6 Å². The Hall–Kier alpha value is -1.22. The molecule has 0 saturated heterocycles. The second kappa shape index (κ2) is 5.41. The highest BCUT2D eigenvalue weighted by molar-refractivity contribution is 5.47. The third kappa shape index (κ3) is 2.57. The SMILES string of the molecule is CCC1(CNCc2cccc3c2OCCO3)CCC1. The number of hydrogen-bond acceptors (Lipinski definition) is 3. The number of para-hydroxylation sites is 1. The van der Waals surface area contributed by atoms with E-state index in [1.807, 2.05) is 12.1 Å². The van der Waals surface area contributed by atoms with Crippen LogP contribution in [0.2, 0.25) is 0 Å². The van der Waals surface area contributed by atoms with Gasteiger partial charge in [-0.1, -0.05) is 25.5 Å². The largest absolute Gasteiger partial charge is 0.486 e. The molecule has 1 saturated carbocycles. The lowest BCUT2D eigenvalue weighted by molar-refractivity contribution is 0.123. The average Bonchev–Trinajstić information content (AvgIpc) is 2.42. The van der Waals surface area contributed by atoms with Gasteiger partial charge in [0.05, 0.1) is 0 Å². The fourth-order valence-corrected chi connectivity index (χ4v) is 3.07. The summed E-state index contributed by atoms with van der Waals surface area (Å²) in [7, 11) is 0. The molecule has 0 aromatic heterocycles. The van der Waals surface area contributed by atoms with Gasteiger partial charge in [0.2, 0.25) is 0 Å². The zero-order valence-electron chi connectivity index (χ0n) is 11.7. The van der Waals surface area contributed by atoms with E-state index in [1.54, 1.807) is 0 Å². The second-order valence-electron chi connectivity index (χ2n) is 5.75. The zero-order chi connectivity index (χ0) is 13.1. The predicted octanol–water partition coefficient (Wildman–Crippen LogP) is 3.13. The molecule has 0 atom stereocenters. The van der Waals surface area contributed by atoms with Gasteiger partial charge in [-0.3, -0.25) is 0 Å². The Morgan fingerprint density at radius 1 is 1.21 bits per heavy atom. The minimum atomic E-state index is 0.562. The minimum absolute atomic E-state index is 0.562. The quantitative estimate of drug-likeness (QED) is 0.883. The monoisotopic (exact) mass is 261 g/mol. The van der Waals surface area contributed by atoms with Crippen LogP contribution in [-0.4, -0.2) is 19.8 Å². The molecule has 1 N–H and O–H groups in total. The van der Waals surface area contributed by atoms with E-state index in [2.05, 4.69) is 18.3 Å². The Balaban J connectivity index is 1.61. The van der Waals surface area contributed by atoms with Crippen molar-refractivity contribution in [3.63, 3.8) is 0 Å². The molecule has 1 aromatic rings. The van der Waals surface area contributed by atoms with Crippen molar-refractivity contribution in [3.05, 3.63) is 23.8 Å². The summed E-state index contributed by atoms with van der Waals surface area (Å²) >= 11 is 0. The lowest BCUT2D eigenvalue weighted by atomic mass is 9.67. The summed E-state index contributed by atoms with van der Waals surface area (Å²) in [5.74, 6) is 1.82. The molecule has 0 spiro atoms. The van der Waals surface area contributed by atoms with E-state index in [-0.39, 0.29) is 0 Å². The summed E-state index contributed by atoms with van der Waals surface area (Å²) in [6.07, 6.45) is 5.44. The van der Waals surface area contributed by atoms with Crippen LogP contribution in [0.1, 0.15) is 38.2 Å². The Morgan fingerprint density at radius 2 is 2.05 bits per heavy atom. The van der Waals surface area contributed by atoms with Crippen LogP contribution in [0.15, 0.2) is 18.2 Å². The van der Waals surface area contributed by atoms with Crippen molar-refractivity contribution in [1.29, 1.82) is 0 Å². The molecule has 1 fully saturated rings. The van der Waals surface area contributed by atoms with Gasteiger partial charge >= 0.3 is 0 Å². The van der Waals surface area contributed by atoms with Crippen molar-refractivity contribution in [2.45, 2.75) is 39.2 Å². The zero-order valence-corrected chi connectivity index (χ0v) is 11.7. The van der Waals surface area contributed by atoms with Crippen molar-refractivity contribution in [1.82, 2.24) is 5.32 Å². The van der Waals surface area contributed by atoms with E-state index in [4.69, 9.17) is 9.47 Å². The lowest BCUT2D eigenvalue weighted by Crippen LogP contribution is -2.39. The molecule has 0 bridgehead atoms. The van der Waals surface area contributed by atoms with E-state index >= 15 is 0 Å². The first kappa shape index (κ1) is 12.8. The van der Waals surface area contributed by atoms with Gasteiger partial charge in [-0.25, -0.2) is 0 Å². The number of ether oxygens (including phenoxy) is 2. The van der Waals surface area contributed by atoms with Crippen molar-refractivity contribution in [3.8, 4) is 11.5 Å². The third-order valence-corrected chi connectivity index (χ3v) is 4.63. The minimum Gasteiger partial charge on any atom is -0.486 e. The van der Waals surface area contributed by atoms with Gasteiger partial charge in [0.15, 0.2) is 11.5 Å². The maximum absolute atomic E-state index is 5.74. The summed E-state index contributed by atoms with van der Waals surface area (Å²) in [5, 5.41) is 3.61. The molecule has 104 valence electrons. The van der Waals surface area contributed by atoms with E-state index in [0.29, 0.717) is 18.6 Å². The molecule has 3 heteroatoms. The number of nitrogens with one attached hydrogen (secondary N) is 1. The van der Waals surface area contributed by atoms with E-state index in [9.17, 15) is 0 Å². The van der Waals surface area contributed by atoms with E-state index < -0.39 is 0 Å². The van der Waals surface area contributed by atoms with Gasteiger partial charge in [0.25, 0.3) is 0 Å². The first-order valence-electron chi connectivity index (χ1n) is 7.41. The maximum Gasteiger partial charge on any atom is 0.165 e. The molecule has 3 nitrogen and oxygen atoms in total. The normalized spacial score (nSPS) is 19.8. The Kier molecular flexibility index (Phi) is 3.65. The van der Waals surface area contributed by atoms with Gasteiger partial charge in [-0.05, 0) is 30.7 Å². The van der Waals surface area contributed by atoms with Gasteiger partial charge in [-0.15, -0.1) is 0 Å². The van der Waals surface area contributed by atoms with Crippen LogP contribution in [0.25, 0.3) is 0 Å². The third-order valence-electron chi connectivity index (χ3n) is 4.63. The van der Waals surface area contributed by atoms with Crippen LogP contribution < -0.4 is 14.8 Å². The molecule has 0 radical (unpaired) electrons. The van der Waals surface area contributed by atoms with Gasteiger partial charge in [0, 0.05) is 18.7 Å². The number of hydrogen-bond donors (Lipinski definition) is 1. The number of benzene rings is 1. The van der Waals surface area contributed by atoms with Crippen molar-refractivity contribution in [2.75, 3.05) is 19.8 Å². The van der Waals surface area contributed by atoms with Crippen LogP contribution >= 0.6 is 0 Å². The highest BCUT2D eigenvalue weighted by Gasteiger charge is 2.34. The maximum atomic E-state index is 5.74.